The maximum absolute atomic E-state index is 4.78. The van der Waals surface area contributed by atoms with Crippen molar-refractivity contribution in [3.05, 3.63) is 5.82 Å². The van der Waals surface area contributed by atoms with E-state index in [-0.39, 0.29) is 0 Å². The Morgan fingerprint density at radius 1 is 0.870 bits per heavy atom. The van der Waals surface area contributed by atoms with Crippen LogP contribution in [0.5, 0.6) is 0 Å². The molecule has 0 aliphatic carbocycles. The predicted octanol–water partition coefficient (Wildman–Crippen LogP) is 4.96. The van der Waals surface area contributed by atoms with Crippen molar-refractivity contribution in [3.8, 4) is 0 Å². The molecule has 5 heteroatoms. The molecule has 0 aromatic carbocycles. The molecule has 0 aliphatic rings. The fourth-order valence-corrected chi connectivity index (χ4v) is 8.60. The molecule has 0 amide bonds. The van der Waals surface area contributed by atoms with Crippen molar-refractivity contribution in [2.45, 2.75) is 94.1 Å². The zero-order valence-electron chi connectivity index (χ0n) is 15.6. The Morgan fingerprint density at radius 3 is 1.83 bits per heavy atom. The number of nitrogens with zero attached hydrogens (tertiary/aromatic N) is 3. The van der Waals surface area contributed by atoms with E-state index in [2.05, 4.69) is 32.0 Å². The topological polar surface area (TPSA) is 38.7 Å². The van der Waals surface area contributed by atoms with Gasteiger partial charge >= 0.3 is 158 Å². The van der Waals surface area contributed by atoms with E-state index in [0.717, 1.165) is 11.0 Å². The molecule has 23 heavy (non-hydrogen) atoms. The van der Waals surface area contributed by atoms with Crippen LogP contribution in [0.25, 0.3) is 0 Å². The molecule has 1 aromatic heterocycles. The van der Waals surface area contributed by atoms with Crippen LogP contribution in [0.3, 0.4) is 0 Å². The number of hydrogen-bond donors (Lipinski definition) is 0. The molecule has 0 saturated heterocycles. The normalized spacial score (nSPS) is 11.9. The van der Waals surface area contributed by atoms with E-state index in [1.807, 2.05) is 6.92 Å². The summed E-state index contributed by atoms with van der Waals surface area (Å²) in [5.41, 5.74) is 0. The molecule has 1 heterocycles. The van der Waals surface area contributed by atoms with Gasteiger partial charge in [-0.25, -0.2) is 0 Å². The summed E-state index contributed by atoms with van der Waals surface area (Å²) < 4.78 is 1.73. The number of rotatable bonds is 12. The average molecular weight is 442 g/mol. The van der Waals surface area contributed by atoms with Crippen molar-refractivity contribution in [3.63, 3.8) is 0 Å². The van der Waals surface area contributed by atoms with Crippen LogP contribution in [-0.2, 0) is 0 Å². The fraction of sp³-hybridized carbons (Fsp3) is 0.833. The van der Waals surface area contributed by atoms with Crippen LogP contribution in [0.2, 0.25) is 3.43 Å². The molecule has 0 saturated carbocycles. The first kappa shape index (κ1) is 21.2. The first-order valence-electron chi connectivity index (χ1n) is 9.14. The van der Waals surface area contributed by atoms with Gasteiger partial charge < -0.3 is 0 Å². The van der Waals surface area contributed by atoms with Gasteiger partial charge in [-0.2, -0.15) is 0 Å². The second-order valence-electron chi connectivity index (χ2n) is 6.41. The van der Waals surface area contributed by atoms with Crippen LogP contribution < -0.4 is 3.84 Å². The molecular formula is C18H33N3SSn. The summed E-state index contributed by atoms with van der Waals surface area (Å²) in [6.07, 6.45) is 14.2. The number of thioether (sulfide) groups is 1. The molecule has 0 spiro atoms. The van der Waals surface area contributed by atoms with E-state index >= 15 is 0 Å². The molecule has 3 nitrogen and oxygen atoms in total. The van der Waals surface area contributed by atoms with Gasteiger partial charge in [0.25, 0.3) is 0 Å². The van der Waals surface area contributed by atoms with Crippen molar-refractivity contribution in [1.82, 2.24) is 15.0 Å². The number of aryl methyl sites for hydroxylation is 1. The molecule has 130 valence electrons. The van der Waals surface area contributed by atoms with Crippen LogP contribution in [0.4, 0.5) is 0 Å². The van der Waals surface area contributed by atoms with E-state index in [4.69, 9.17) is 9.97 Å². The van der Waals surface area contributed by atoms with E-state index in [1.165, 1.54) is 61.6 Å². The van der Waals surface area contributed by atoms with E-state index in [1.54, 1.807) is 11.8 Å². The van der Waals surface area contributed by atoms with Gasteiger partial charge in [0.05, 0.1) is 0 Å². The van der Waals surface area contributed by atoms with Crippen molar-refractivity contribution >= 4 is 36.7 Å². The van der Waals surface area contributed by atoms with Gasteiger partial charge in [-0.3, -0.25) is 0 Å². The van der Waals surface area contributed by atoms with E-state index in [0.29, 0.717) is 3.43 Å². The zero-order valence-corrected chi connectivity index (χ0v) is 19.3. The van der Waals surface area contributed by atoms with Crippen LogP contribution >= 0.6 is 11.8 Å². The zero-order chi connectivity index (χ0) is 17.1. The Morgan fingerprint density at radius 2 is 1.39 bits per heavy atom. The van der Waals surface area contributed by atoms with Gasteiger partial charge in [-0.1, -0.05) is 0 Å². The molecule has 0 aliphatic heterocycles. The summed E-state index contributed by atoms with van der Waals surface area (Å²) in [5.74, 6) is 0.899. The van der Waals surface area contributed by atoms with E-state index in [9.17, 15) is 0 Å². The van der Waals surface area contributed by atoms with Crippen molar-refractivity contribution in [2.24, 2.45) is 0 Å². The summed E-state index contributed by atoms with van der Waals surface area (Å²) in [4.78, 5) is 13.9. The second kappa shape index (κ2) is 11.7. The summed E-state index contributed by atoms with van der Waals surface area (Å²) >= 11 is 0.810. The Labute approximate surface area is 157 Å². The van der Waals surface area contributed by atoms with Crippen LogP contribution in [0.1, 0.15) is 84.4 Å². The first-order valence-corrected chi connectivity index (χ1v) is 13.2. The minimum atomic E-state index is -0.831. The van der Waals surface area contributed by atoms with Gasteiger partial charge in [0.1, 0.15) is 0 Å². The monoisotopic (exact) mass is 443 g/mol. The Kier molecular flexibility index (Phi) is 10.8. The Hall–Kier alpha value is 0.159. The third-order valence-electron chi connectivity index (χ3n) is 4.31. The quantitative estimate of drug-likeness (QED) is 0.339. The second-order valence-corrected chi connectivity index (χ2v) is 12.2. The molecule has 0 bridgehead atoms. The van der Waals surface area contributed by atoms with Gasteiger partial charge in [0.15, 0.2) is 0 Å². The van der Waals surface area contributed by atoms with Crippen molar-refractivity contribution in [1.29, 1.82) is 0 Å². The molecule has 1 aromatic rings. The fourth-order valence-electron chi connectivity index (χ4n) is 2.95. The van der Waals surface area contributed by atoms with Gasteiger partial charge in [0, 0.05) is 0 Å². The molecule has 0 atom stereocenters. The summed E-state index contributed by atoms with van der Waals surface area (Å²) in [6.45, 7) is 8.95. The molecule has 0 N–H and O–H groups in total. The minimum absolute atomic E-state index is 0.550. The third kappa shape index (κ3) is 7.72. The third-order valence-corrected chi connectivity index (χ3v) is 9.79. The molecular weight excluding hydrogens is 409 g/mol. The van der Waals surface area contributed by atoms with Gasteiger partial charge in [-0.05, 0) is 0 Å². The SMILES string of the molecule is CCCC[C](CCCC)(CCCC)[Sn][c]1nc(C)nc(SC)n1. The predicted molar refractivity (Wildman–Crippen MR) is 103 cm³/mol. The van der Waals surface area contributed by atoms with Gasteiger partial charge in [0.2, 0.25) is 0 Å². The molecule has 0 unspecified atom stereocenters. The van der Waals surface area contributed by atoms with Crippen molar-refractivity contribution < 1.29 is 0 Å². The first-order chi connectivity index (χ1) is 11.1. The Balaban J connectivity index is 3.01. The van der Waals surface area contributed by atoms with E-state index < -0.39 is 21.1 Å². The number of aromatic nitrogens is 3. The summed E-state index contributed by atoms with van der Waals surface area (Å²) in [6, 6.07) is 0. The maximum atomic E-state index is 4.78. The molecule has 0 fully saturated rings. The van der Waals surface area contributed by atoms with Crippen molar-refractivity contribution in [2.75, 3.05) is 6.26 Å². The van der Waals surface area contributed by atoms with Crippen LogP contribution in [0.15, 0.2) is 5.16 Å². The average Bonchev–Trinajstić information content (AvgIpc) is 2.55. The molecule has 2 radical (unpaired) electrons. The summed E-state index contributed by atoms with van der Waals surface area (Å²) in [5, 5.41) is 0.906. The Bertz CT molecular complexity index is 432. The molecule has 1 rings (SSSR count). The van der Waals surface area contributed by atoms with Crippen LogP contribution in [-0.4, -0.2) is 42.3 Å². The standard InChI is InChI=1S/C13H27.C5H6N3S.Sn/c1-4-7-10-13(11-8-5-2)12-9-6-3;1-4-6-3-7-5(8-4)9-2;/h4-12H2,1-3H3;1-2H3;. The number of hydrogen-bond acceptors (Lipinski definition) is 4. The number of unbranched alkanes of at least 4 members (excludes halogenated alkanes) is 3. The van der Waals surface area contributed by atoms with Gasteiger partial charge in [-0.15, -0.1) is 0 Å². The van der Waals surface area contributed by atoms with Crippen LogP contribution in [0, 0.1) is 6.92 Å². The summed E-state index contributed by atoms with van der Waals surface area (Å²) in [7, 11) is 0.